The minimum Gasteiger partial charge on any atom is -0.369 e. The molecule has 0 bridgehead atoms. The first kappa shape index (κ1) is 18.5. The van der Waals surface area contributed by atoms with E-state index in [9.17, 15) is 9.18 Å². The number of halogens is 1. The van der Waals surface area contributed by atoms with Crippen molar-refractivity contribution in [3.05, 3.63) is 65.7 Å². The molecule has 4 rings (SSSR count). The Hall–Kier alpha value is -2.90. The molecule has 2 N–H and O–H groups in total. The monoisotopic (exact) mass is 381 g/mol. The van der Waals surface area contributed by atoms with Crippen LogP contribution in [0.1, 0.15) is 31.9 Å². The Morgan fingerprint density at radius 3 is 2.43 bits per heavy atom. The Labute approximate surface area is 162 Å². The van der Waals surface area contributed by atoms with E-state index in [0.29, 0.717) is 11.7 Å². The molecule has 7 heteroatoms. The highest BCUT2D eigenvalue weighted by molar-refractivity contribution is 6.09. The number of ether oxygens (including phenoxy) is 1. The van der Waals surface area contributed by atoms with Crippen LogP contribution in [-0.4, -0.2) is 35.1 Å². The van der Waals surface area contributed by atoms with E-state index < -0.39 is 6.04 Å². The second-order valence-electron chi connectivity index (χ2n) is 7.81. The lowest BCUT2D eigenvalue weighted by Crippen LogP contribution is -3.14. The number of quaternary nitrogens is 1. The molecule has 1 amide bonds. The standard InChI is InChI=1S/C21H21FN4O2/c1-21(2,3)28-12-16-19(27)25-20-24-17(13-4-6-15(22)7-5-13)18(26(16)20)14-8-10-23-11-9-14/h4-11,16H,12H2,1-3H3,(H,24,25,27)/p+1. The molecule has 0 radical (unpaired) electrons. The molecule has 2 aliphatic heterocycles. The lowest BCUT2D eigenvalue weighted by molar-refractivity contribution is -0.738. The number of benzene rings is 1. The maximum atomic E-state index is 13.4. The molecular weight excluding hydrogens is 359 g/mol. The zero-order valence-corrected chi connectivity index (χ0v) is 16.0. The molecule has 0 aliphatic carbocycles. The van der Waals surface area contributed by atoms with Crippen molar-refractivity contribution in [3.63, 3.8) is 0 Å². The molecule has 28 heavy (non-hydrogen) atoms. The van der Waals surface area contributed by atoms with Crippen molar-refractivity contribution < 1.29 is 18.8 Å². The van der Waals surface area contributed by atoms with Crippen molar-refractivity contribution in [1.82, 2.24) is 10.3 Å². The number of carbonyl (C=O) groups is 1. The predicted octanol–water partition coefficient (Wildman–Crippen LogP) is 1.61. The Balaban J connectivity index is 1.79. The molecular formula is C21H22FN4O2+. The maximum absolute atomic E-state index is 13.4. The van der Waals surface area contributed by atoms with Gasteiger partial charge in [0, 0.05) is 23.5 Å². The van der Waals surface area contributed by atoms with Gasteiger partial charge < -0.3 is 4.74 Å². The first-order valence-corrected chi connectivity index (χ1v) is 9.15. The zero-order valence-electron chi connectivity index (χ0n) is 16.0. The van der Waals surface area contributed by atoms with Gasteiger partial charge in [0.1, 0.15) is 18.1 Å². The summed E-state index contributed by atoms with van der Waals surface area (Å²) >= 11 is 0. The number of aliphatic imine (C=N–C) groups is 1. The summed E-state index contributed by atoms with van der Waals surface area (Å²) in [4.78, 5) is 22.2. The minimum atomic E-state index is -0.459. The fraction of sp³-hybridized carbons (Fsp3) is 0.286. The molecule has 144 valence electrons. The zero-order chi connectivity index (χ0) is 19.9. The van der Waals surface area contributed by atoms with Crippen molar-refractivity contribution in [1.29, 1.82) is 0 Å². The third kappa shape index (κ3) is 3.46. The lowest BCUT2D eigenvalue weighted by Gasteiger charge is -2.23. The smallest absolute Gasteiger partial charge is 0.314 e. The van der Waals surface area contributed by atoms with Crippen molar-refractivity contribution in [2.75, 3.05) is 6.61 Å². The summed E-state index contributed by atoms with van der Waals surface area (Å²) < 4.78 is 19.3. The fourth-order valence-electron chi connectivity index (χ4n) is 3.36. The third-order valence-electron chi connectivity index (χ3n) is 4.66. The van der Waals surface area contributed by atoms with E-state index in [0.717, 1.165) is 21.7 Å². The predicted molar refractivity (Wildman–Crippen MR) is 103 cm³/mol. The van der Waals surface area contributed by atoms with Gasteiger partial charge in [-0.3, -0.25) is 15.1 Å². The van der Waals surface area contributed by atoms with E-state index in [1.807, 2.05) is 32.9 Å². The average molecular weight is 381 g/mol. The Morgan fingerprint density at radius 2 is 1.79 bits per heavy atom. The number of fused-ring (bicyclic) bond motifs is 1. The molecule has 1 saturated heterocycles. The van der Waals surface area contributed by atoms with Crippen LogP contribution in [0.5, 0.6) is 0 Å². The highest BCUT2D eigenvalue weighted by Gasteiger charge is 2.50. The lowest BCUT2D eigenvalue weighted by atomic mass is 10.0. The number of nitrogens with one attached hydrogen (secondary N) is 2. The van der Waals surface area contributed by atoms with E-state index >= 15 is 0 Å². The van der Waals surface area contributed by atoms with Gasteiger partial charge in [-0.05, 0) is 57.2 Å². The van der Waals surface area contributed by atoms with Crippen LogP contribution in [0.3, 0.4) is 0 Å². The summed E-state index contributed by atoms with van der Waals surface area (Å²) in [7, 11) is 0. The molecule has 1 aromatic carbocycles. The van der Waals surface area contributed by atoms with Gasteiger partial charge >= 0.3 is 5.96 Å². The summed E-state index contributed by atoms with van der Waals surface area (Å²) in [6, 6.07) is 9.51. The van der Waals surface area contributed by atoms with Crippen LogP contribution in [0.4, 0.5) is 4.39 Å². The summed E-state index contributed by atoms with van der Waals surface area (Å²) in [5, 5.41) is 2.88. The first-order chi connectivity index (χ1) is 13.3. The molecule has 0 spiro atoms. The van der Waals surface area contributed by atoms with Crippen LogP contribution < -0.4 is 10.2 Å². The van der Waals surface area contributed by atoms with Crippen molar-refractivity contribution in [3.8, 4) is 0 Å². The van der Waals surface area contributed by atoms with Gasteiger partial charge in [-0.2, -0.15) is 4.99 Å². The number of amides is 1. The number of aromatic nitrogens is 1. The molecule has 3 heterocycles. The van der Waals surface area contributed by atoms with Crippen molar-refractivity contribution >= 4 is 23.3 Å². The van der Waals surface area contributed by atoms with Gasteiger partial charge in [0.25, 0.3) is 5.91 Å². The number of rotatable bonds is 4. The molecule has 2 aromatic rings. The van der Waals surface area contributed by atoms with Crippen LogP contribution in [0.15, 0.2) is 53.8 Å². The van der Waals surface area contributed by atoms with Crippen molar-refractivity contribution in [2.24, 2.45) is 4.99 Å². The summed E-state index contributed by atoms with van der Waals surface area (Å²) in [6.07, 6.45) is 3.40. The van der Waals surface area contributed by atoms with Crippen LogP contribution >= 0.6 is 0 Å². The van der Waals surface area contributed by atoms with Crippen LogP contribution in [-0.2, 0) is 9.53 Å². The van der Waals surface area contributed by atoms with E-state index in [1.165, 1.54) is 12.1 Å². The van der Waals surface area contributed by atoms with Crippen molar-refractivity contribution in [2.45, 2.75) is 32.4 Å². The number of guanidine groups is 1. The van der Waals surface area contributed by atoms with Gasteiger partial charge in [-0.1, -0.05) is 0 Å². The first-order valence-electron chi connectivity index (χ1n) is 9.15. The molecule has 2 unspecified atom stereocenters. The average Bonchev–Trinajstić information content (AvgIpc) is 3.15. The fourth-order valence-corrected chi connectivity index (χ4v) is 3.36. The van der Waals surface area contributed by atoms with Gasteiger partial charge in [-0.25, -0.2) is 9.29 Å². The topological polar surface area (TPSA) is 68.0 Å². The molecule has 6 nitrogen and oxygen atoms in total. The summed E-state index contributed by atoms with van der Waals surface area (Å²) in [5.41, 5.74) is 2.88. The minimum absolute atomic E-state index is 0.122. The highest BCUT2D eigenvalue weighted by atomic mass is 19.1. The number of hydrogen-bond donors (Lipinski definition) is 2. The van der Waals surface area contributed by atoms with E-state index in [-0.39, 0.29) is 23.9 Å². The molecule has 1 fully saturated rings. The van der Waals surface area contributed by atoms with Gasteiger partial charge in [0.15, 0.2) is 5.70 Å². The van der Waals surface area contributed by atoms with E-state index in [2.05, 4.69) is 15.3 Å². The Kier molecular flexibility index (Phi) is 4.56. The van der Waals surface area contributed by atoms with Crippen LogP contribution in [0.25, 0.3) is 11.4 Å². The highest BCUT2D eigenvalue weighted by Crippen LogP contribution is 2.28. The normalized spacial score (nSPS) is 21.6. The molecule has 2 atom stereocenters. The quantitative estimate of drug-likeness (QED) is 0.846. The van der Waals surface area contributed by atoms with Gasteiger partial charge in [0.2, 0.25) is 6.04 Å². The maximum Gasteiger partial charge on any atom is 0.314 e. The number of carbonyl (C=O) groups excluding carboxylic acids is 1. The molecule has 1 aromatic heterocycles. The number of nitrogens with zero attached hydrogens (tertiary/aromatic N) is 2. The van der Waals surface area contributed by atoms with Crippen LogP contribution in [0.2, 0.25) is 0 Å². The molecule has 2 aliphatic rings. The third-order valence-corrected chi connectivity index (χ3v) is 4.66. The second kappa shape index (κ2) is 6.92. The number of pyridine rings is 1. The van der Waals surface area contributed by atoms with E-state index in [1.54, 1.807) is 24.5 Å². The molecule has 0 saturated carbocycles. The Morgan fingerprint density at radius 1 is 1.11 bits per heavy atom. The van der Waals surface area contributed by atoms with E-state index in [4.69, 9.17) is 4.74 Å². The SMILES string of the molecule is CC(C)(C)OCC1C(=O)NC2=NC(c3ccc(F)cc3)=C(c3ccncc3)[NH+]21. The second-order valence-corrected chi connectivity index (χ2v) is 7.81. The number of hydrogen-bond acceptors (Lipinski definition) is 4. The summed E-state index contributed by atoms with van der Waals surface area (Å²) in [5.74, 6) is 0.111. The largest absolute Gasteiger partial charge is 0.369 e. The summed E-state index contributed by atoms with van der Waals surface area (Å²) in [6.45, 7) is 6.13. The van der Waals surface area contributed by atoms with Crippen LogP contribution in [0, 0.1) is 5.82 Å². The van der Waals surface area contributed by atoms with Gasteiger partial charge in [0.05, 0.1) is 5.60 Å². The van der Waals surface area contributed by atoms with Gasteiger partial charge in [-0.15, -0.1) is 0 Å². The Bertz CT molecular complexity index is 962.